The SMILES string of the molecule is O=C(Cc1csc(N2CCNC2=O)n1)Nc1cc(C(F)(F)F)ccc1N1CCOCC1. The Morgan fingerprint density at radius 1 is 1.26 bits per heavy atom. The van der Waals surface area contributed by atoms with E-state index in [4.69, 9.17) is 4.74 Å². The standard InChI is InChI=1S/C19H20F3N5O3S/c20-19(21,22)12-1-2-15(26-5-7-30-8-6-26)14(9-12)25-16(28)10-13-11-31-18(24-13)27-4-3-23-17(27)29/h1-2,9,11H,3-8,10H2,(H,23,29)(H,25,28). The van der Waals surface area contributed by atoms with Gasteiger partial charge in [-0.05, 0) is 18.2 Å². The third kappa shape index (κ3) is 4.90. The number of rotatable bonds is 5. The van der Waals surface area contributed by atoms with Gasteiger partial charge in [-0.1, -0.05) is 0 Å². The lowest BCUT2D eigenvalue weighted by Gasteiger charge is -2.31. The number of alkyl halides is 3. The summed E-state index contributed by atoms with van der Waals surface area (Å²) in [6.07, 6.45) is -4.64. The Labute approximate surface area is 180 Å². The minimum absolute atomic E-state index is 0.0936. The second-order valence-electron chi connectivity index (χ2n) is 7.06. The molecule has 3 heterocycles. The summed E-state index contributed by atoms with van der Waals surface area (Å²) in [5.74, 6) is -0.489. The van der Waals surface area contributed by atoms with E-state index in [1.807, 2.05) is 4.90 Å². The highest BCUT2D eigenvalue weighted by Crippen LogP contribution is 2.36. The zero-order valence-electron chi connectivity index (χ0n) is 16.4. The lowest BCUT2D eigenvalue weighted by molar-refractivity contribution is -0.137. The van der Waals surface area contributed by atoms with Gasteiger partial charge in [0, 0.05) is 31.6 Å². The fourth-order valence-corrected chi connectivity index (χ4v) is 4.26. The minimum Gasteiger partial charge on any atom is -0.378 e. The van der Waals surface area contributed by atoms with Gasteiger partial charge >= 0.3 is 12.2 Å². The van der Waals surface area contributed by atoms with E-state index in [0.717, 1.165) is 12.1 Å². The Bertz CT molecular complexity index is 975. The predicted molar refractivity (Wildman–Crippen MR) is 110 cm³/mol. The Hall–Kier alpha value is -2.86. The molecule has 166 valence electrons. The summed E-state index contributed by atoms with van der Waals surface area (Å²) in [7, 11) is 0. The van der Waals surface area contributed by atoms with Crippen LogP contribution in [0.25, 0.3) is 0 Å². The summed E-state index contributed by atoms with van der Waals surface area (Å²) < 4.78 is 45.0. The summed E-state index contributed by atoms with van der Waals surface area (Å²) in [5, 5.41) is 7.42. The predicted octanol–water partition coefficient (Wildman–Crippen LogP) is 2.71. The smallest absolute Gasteiger partial charge is 0.378 e. The first-order valence-corrected chi connectivity index (χ1v) is 10.5. The van der Waals surface area contributed by atoms with Gasteiger partial charge < -0.3 is 20.3 Å². The van der Waals surface area contributed by atoms with Crippen LogP contribution in [0.15, 0.2) is 23.6 Å². The van der Waals surface area contributed by atoms with Gasteiger partial charge in [-0.2, -0.15) is 13.2 Å². The van der Waals surface area contributed by atoms with Crippen molar-refractivity contribution >= 4 is 39.8 Å². The molecule has 0 atom stereocenters. The van der Waals surface area contributed by atoms with Gasteiger partial charge in [0.2, 0.25) is 5.91 Å². The van der Waals surface area contributed by atoms with Crippen LogP contribution in [0.5, 0.6) is 0 Å². The van der Waals surface area contributed by atoms with Gasteiger partial charge in [0.25, 0.3) is 0 Å². The number of nitrogens with zero attached hydrogens (tertiary/aromatic N) is 3. The first-order chi connectivity index (χ1) is 14.8. The van der Waals surface area contributed by atoms with Crippen molar-refractivity contribution < 1.29 is 27.5 Å². The maximum absolute atomic E-state index is 13.2. The summed E-state index contributed by atoms with van der Waals surface area (Å²) in [5.41, 5.74) is 0.210. The monoisotopic (exact) mass is 455 g/mol. The third-order valence-corrected chi connectivity index (χ3v) is 5.83. The number of urea groups is 1. The fraction of sp³-hybridized carbons (Fsp3) is 0.421. The second-order valence-corrected chi connectivity index (χ2v) is 7.90. The van der Waals surface area contributed by atoms with E-state index < -0.39 is 17.6 Å². The number of thiazole rings is 1. The minimum atomic E-state index is -4.52. The highest BCUT2D eigenvalue weighted by molar-refractivity contribution is 7.14. The quantitative estimate of drug-likeness (QED) is 0.724. The number of anilines is 3. The number of ether oxygens (including phenoxy) is 1. The van der Waals surface area contributed by atoms with Crippen LogP contribution < -0.4 is 20.4 Å². The molecule has 8 nitrogen and oxygen atoms in total. The van der Waals surface area contributed by atoms with E-state index in [-0.39, 0.29) is 18.1 Å². The number of carbonyl (C=O) groups excluding carboxylic acids is 2. The molecule has 0 radical (unpaired) electrons. The topological polar surface area (TPSA) is 86.8 Å². The van der Waals surface area contributed by atoms with Crippen LogP contribution >= 0.6 is 11.3 Å². The van der Waals surface area contributed by atoms with Gasteiger partial charge in [-0.25, -0.2) is 9.78 Å². The molecule has 0 saturated carbocycles. The van der Waals surface area contributed by atoms with Gasteiger partial charge in [-0.3, -0.25) is 9.69 Å². The molecular weight excluding hydrogens is 435 g/mol. The van der Waals surface area contributed by atoms with E-state index in [1.54, 1.807) is 5.38 Å². The summed E-state index contributed by atoms with van der Waals surface area (Å²) in [6.45, 7) is 2.96. The van der Waals surface area contributed by atoms with Crippen LogP contribution in [-0.2, 0) is 22.1 Å². The highest BCUT2D eigenvalue weighted by atomic mass is 32.1. The van der Waals surface area contributed by atoms with E-state index in [1.165, 1.54) is 22.3 Å². The number of halogens is 3. The van der Waals surface area contributed by atoms with E-state index in [0.29, 0.717) is 55.9 Å². The van der Waals surface area contributed by atoms with Crippen LogP contribution in [0.4, 0.5) is 34.5 Å². The fourth-order valence-electron chi connectivity index (χ4n) is 3.41. The van der Waals surface area contributed by atoms with E-state index >= 15 is 0 Å². The average Bonchev–Trinajstić information content (AvgIpc) is 3.36. The second kappa shape index (κ2) is 8.71. The molecule has 2 aromatic rings. The molecule has 0 unspecified atom stereocenters. The molecule has 12 heteroatoms. The van der Waals surface area contributed by atoms with E-state index in [9.17, 15) is 22.8 Å². The number of hydrogen-bond donors (Lipinski definition) is 2. The number of hydrogen-bond acceptors (Lipinski definition) is 6. The van der Waals surface area contributed by atoms with Gasteiger partial charge in [-0.15, -0.1) is 11.3 Å². The van der Waals surface area contributed by atoms with Gasteiger partial charge in [0.15, 0.2) is 5.13 Å². The maximum Gasteiger partial charge on any atom is 0.416 e. The van der Waals surface area contributed by atoms with Gasteiger partial charge in [0.05, 0.1) is 42.3 Å². The van der Waals surface area contributed by atoms with Crippen molar-refractivity contribution in [2.45, 2.75) is 12.6 Å². The zero-order valence-corrected chi connectivity index (χ0v) is 17.2. The van der Waals surface area contributed by atoms with E-state index in [2.05, 4.69) is 15.6 Å². The van der Waals surface area contributed by atoms with Crippen molar-refractivity contribution in [2.75, 3.05) is 54.5 Å². The van der Waals surface area contributed by atoms with Crippen molar-refractivity contribution in [1.82, 2.24) is 10.3 Å². The van der Waals surface area contributed by atoms with Crippen molar-refractivity contribution in [1.29, 1.82) is 0 Å². The van der Waals surface area contributed by atoms with Crippen LogP contribution in [0.2, 0.25) is 0 Å². The molecule has 2 aliphatic heterocycles. The average molecular weight is 455 g/mol. The largest absolute Gasteiger partial charge is 0.416 e. The number of morpholine rings is 1. The third-order valence-electron chi connectivity index (χ3n) is 4.92. The number of aromatic nitrogens is 1. The molecule has 2 aliphatic rings. The lowest BCUT2D eigenvalue weighted by Crippen LogP contribution is -2.37. The molecule has 31 heavy (non-hydrogen) atoms. The van der Waals surface area contributed by atoms with Gasteiger partial charge in [0.1, 0.15) is 0 Å². The molecule has 2 fully saturated rings. The van der Waals surface area contributed by atoms with Crippen molar-refractivity contribution in [3.63, 3.8) is 0 Å². The van der Waals surface area contributed by atoms with Crippen LogP contribution in [0.1, 0.15) is 11.3 Å². The Balaban J connectivity index is 1.51. The van der Waals surface area contributed by atoms with Crippen molar-refractivity contribution in [3.05, 3.63) is 34.8 Å². The summed E-state index contributed by atoms with van der Waals surface area (Å²) in [6, 6.07) is 3.08. The Morgan fingerprint density at radius 2 is 2.03 bits per heavy atom. The molecule has 1 aromatic heterocycles. The lowest BCUT2D eigenvalue weighted by atomic mass is 10.1. The molecule has 0 bridgehead atoms. The molecular formula is C19H20F3N5O3S. The maximum atomic E-state index is 13.2. The number of benzene rings is 1. The molecule has 0 aliphatic carbocycles. The summed E-state index contributed by atoms with van der Waals surface area (Å²) >= 11 is 1.23. The Morgan fingerprint density at radius 3 is 2.71 bits per heavy atom. The molecule has 1 aromatic carbocycles. The summed E-state index contributed by atoms with van der Waals surface area (Å²) in [4.78, 5) is 32.0. The Kier molecular flexibility index (Phi) is 6.01. The van der Waals surface area contributed by atoms with Crippen LogP contribution in [0.3, 0.4) is 0 Å². The number of amides is 3. The molecule has 4 rings (SSSR count). The molecule has 0 spiro atoms. The van der Waals surface area contributed by atoms with Crippen molar-refractivity contribution in [2.24, 2.45) is 0 Å². The zero-order chi connectivity index (χ0) is 22.0. The first kappa shape index (κ1) is 21.4. The van der Waals surface area contributed by atoms with Crippen LogP contribution in [-0.4, -0.2) is 56.3 Å². The number of carbonyl (C=O) groups is 2. The normalized spacial score (nSPS) is 17.1. The van der Waals surface area contributed by atoms with Crippen LogP contribution in [0, 0.1) is 0 Å². The molecule has 3 amide bonds. The molecule has 2 N–H and O–H groups in total. The van der Waals surface area contributed by atoms with Crippen molar-refractivity contribution in [3.8, 4) is 0 Å². The number of nitrogens with one attached hydrogen (secondary N) is 2. The highest BCUT2D eigenvalue weighted by Gasteiger charge is 2.32. The molecule has 2 saturated heterocycles. The first-order valence-electron chi connectivity index (χ1n) is 9.65.